The van der Waals surface area contributed by atoms with Gasteiger partial charge in [-0.15, -0.1) is 24.0 Å². The number of nitrogen functional groups attached to an aromatic ring is 2. The number of benzene rings is 3. The van der Waals surface area contributed by atoms with Crippen molar-refractivity contribution in [2.75, 3.05) is 36.2 Å². The van der Waals surface area contributed by atoms with Gasteiger partial charge in [-0.05, 0) is 55.0 Å². The van der Waals surface area contributed by atoms with Crippen molar-refractivity contribution in [1.82, 2.24) is 0 Å². The Hall–Kier alpha value is -3.44. The lowest BCUT2D eigenvalue weighted by molar-refractivity contribution is -0.434. The second kappa shape index (κ2) is 18.7. The van der Waals surface area contributed by atoms with Gasteiger partial charge in [-0.1, -0.05) is 10.1 Å². The van der Waals surface area contributed by atoms with Crippen LogP contribution in [-0.2, 0) is 67.3 Å². The minimum atomic E-state index is -5.18. The Morgan fingerprint density at radius 2 is 1.30 bits per heavy atom. The summed E-state index contributed by atoms with van der Waals surface area (Å²) in [5, 5.41) is 39.5. The molecule has 0 aliphatic rings. The number of hydrogen-bond donors (Lipinski definition) is 6. The van der Waals surface area contributed by atoms with Crippen molar-refractivity contribution >= 4 is 98.7 Å². The molecule has 0 spiro atoms. The highest BCUT2D eigenvalue weighted by Crippen LogP contribution is 2.49. The fraction of sp³-hybridized carbons (Fsp3) is 0.217. The van der Waals surface area contributed by atoms with E-state index < -0.39 is 73.8 Å². The first-order valence-electron chi connectivity index (χ1n) is 13.5. The van der Waals surface area contributed by atoms with E-state index >= 15 is 0 Å². The topological polar surface area (TPSA) is 374 Å². The largest absolute Gasteiger partial charge is 0.397 e. The van der Waals surface area contributed by atoms with Crippen LogP contribution < -0.4 is 11.5 Å². The second-order valence-electron chi connectivity index (χ2n) is 9.62. The number of azo groups is 2. The zero-order valence-corrected chi connectivity index (χ0v) is 31.2. The molecule has 0 atom stereocenters. The fourth-order valence-corrected chi connectivity index (χ4v) is 8.03. The van der Waals surface area contributed by atoms with Crippen molar-refractivity contribution < 1.29 is 80.4 Å². The van der Waals surface area contributed by atoms with Crippen LogP contribution in [0, 0.1) is 6.92 Å². The average Bonchev–Trinajstić information content (AvgIpc) is 3.07. The predicted octanol–water partition coefficient (Wildman–Crippen LogP) is 4.03. The van der Waals surface area contributed by atoms with Crippen LogP contribution in [-0.4, -0.2) is 78.0 Å². The van der Waals surface area contributed by atoms with Crippen molar-refractivity contribution in [2.45, 2.75) is 26.5 Å². The van der Waals surface area contributed by atoms with Crippen molar-refractivity contribution in [2.24, 2.45) is 20.5 Å². The van der Waals surface area contributed by atoms with Gasteiger partial charge in [0.05, 0.1) is 68.5 Å². The summed E-state index contributed by atoms with van der Waals surface area (Å²) < 4.78 is 132. The highest BCUT2D eigenvalue weighted by atomic mass is 32.3. The first-order chi connectivity index (χ1) is 24.7. The van der Waals surface area contributed by atoms with Crippen molar-refractivity contribution in [3.8, 4) is 0 Å². The Kier molecular flexibility index (Phi) is 15.5. The fourth-order valence-electron chi connectivity index (χ4n) is 3.82. The normalized spacial score (nSPS) is 13.0. The summed E-state index contributed by atoms with van der Waals surface area (Å²) >= 11 is 0.596. The molecule has 3 aromatic carbocycles. The number of nitrogens with zero attached hydrogens (tertiary/aromatic N) is 4. The summed E-state index contributed by atoms with van der Waals surface area (Å²) in [4.78, 5) is -1.84. The first-order valence-corrected chi connectivity index (χ1v) is 21.0. The molecule has 0 heterocycles. The lowest BCUT2D eigenvalue weighted by Gasteiger charge is -2.14. The van der Waals surface area contributed by atoms with Gasteiger partial charge in [0.1, 0.15) is 22.0 Å². The second-order valence-corrected chi connectivity index (χ2v) is 17.5. The zero-order valence-electron chi connectivity index (χ0n) is 26.3. The number of anilines is 2. The molecule has 30 heteroatoms. The molecule has 0 radical (unpaired) electrons. The number of rotatable bonds is 20. The highest BCUT2D eigenvalue weighted by molar-refractivity contribution is 7.94. The molecule has 0 amide bonds. The van der Waals surface area contributed by atoms with Crippen LogP contribution in [0.5, 0.6) is 0 Å². The summed E-state index contributed by atoms with van der Waals surface area (Å²) in [6.45, 7) is 0.0827. The third-order valence-electron chi connectivity index (χ3n) is 6.29. The van der Waals surface area contributed by atoms with Crippen LogP contribution in [0.25, 0.3) is 0 Å². The molecule has 0 aromatic heterocycles. The van der Waals surface area contributed by atoms with Crippen molar-refractivity contribution in [1.29, 1.82) is 0 Å². The molecule has 292 valence electrons. The van der Waals surface area contributed by atoms with Crippen LogP contribution in [0.2, 0.25) is 0 Å². The molecular weight excluding hydrogens is 841 g/mol. The average molecular weight is 867 g/mol. The standard InChI is InChI=1S/C23H26N6O18S6/c1-13-19(24)21(28-27-17-7-6-16(12-18(17)52(36,37)38)51(34,35)11-9-43-53(39,40)41)20(25)22(23(13)48-46-44-30)29-26-14-2-4-15(5-3-14)50(32,33)10-8-42-49-47-45-31/h2-7,12,30-31H,8-11,24-25H2,1H3,(H,36,37,38)(H,39,40,41). The third kappa shape index (κ3) is 12.6. The molecule has 0 saturated heterocycles. The molecule has 0 bridgehead atoms. The molecule has 0 fully saturated rings. The van der Waals surface area contributed by atoms with Crippen LogP contribution >= 0.6 is 24.4 Å². The molecule has 24 nitrogen and oxygen atoms in total. The van der Waals surface area contributed by atoms with Gasteiger partial charge in [0.15, 0.2) is 32.0 Å². The van der Waals surface area contributed by atoms with Gasteiger partial charge < -0.3 is 11.5 Å². The van der Waals surface area contributed by atoms with E-state index in [0.717, 1.165) is 12.1 Å². The Balaban J connectivity index is 2.01. The van der Waals surface area contributed by atoms with E-state index in [1.54, 1.807) is 0 Å². The maximum Gasteiger partial charge on any atom is 0.397 e. The van der Waals surface area contributed by atoms with Gasteiger partial charge >= 0.3 is 10.4 Å². The summed E-state index contributed by atoms with van der Waals surface area (Å²) in [5.41, 5.74) is 11.1. The van der Waals surface area contributed by atoms with E-state index in [4.69, 9.17) is 30.7 Å². The lowest BCUT2D eigenvalue weighted by Crippen LogP contribution is -2.16. The Bertz CT molecular complexity index is 2290. The number of hydrogen-bond acceptors (Lipinski definition) is 24. The molecule has 0 aliphatic heterocycles. The molecule has 0 unspecified atom stereocenters. The monoisotopic (exact) mass is 866 g/mol. The quantitative estimate of drug-likeness (QED) is 0.0177. The molecule has 53 heavy (non-hydrogen) atoms. The van der Waals surface area contributed by atoms with E-state index in [0.29, 0.717) is 18.1 Å². The van der Waals surface area contributed by atoms with Gasteiger partial charge in [-0.3, -0.25) is 13.3 Å². The Morgan fingerprint density at radius 3 is 1.91 bits per heavy atom. The van der Waals surface area contributed by atoms with E-state index in [2.05, 4.69) is 43.4 Å². The lowest BCUT2D eigenvalue weighted by atomic mass is 10.1. The molecule has 3 aromatic rings. The first kappa shape index (κ1) is 44.0. The van der Waals surface area contributed by atoms with Gasteiger partial charge in [-0.25, -0.2) is 31.5 Å². The summed E-state index contributed by atoms with van der Waals surface area (Å²) in [6, 6.07) is 7.24. The Morgan fingerprint density at radius 1 is 0.717 bits per heavy atom. The molecule has 8 N–H and O–H groups in total. The summed E-state index contributed by atoms with van der Waals surface area (Å²) in [5.74, 6) is -1.49. The van der Waals surface area contributed by atoms with Crippen LogP contribution in [0.1, 0.15) is 5.56 Å². The van der Waals surface area contributed by atoms with Gasteiger partial charge in [0.2, 0.25) is 0 Å². The zero-order chi connectivity index (χ0) is 39.6. The van der Waals surface area contributed by atoms with E-state index in [1.807, 2.05) is 0 Å². The van der Waals surface area contributed by atoms with Crippen LogP contribution in [0.4, 0.5) is 34.1 Å². The SMILES string of the molecule is Cc1c(N)c(N=Nc2ccc(S(=O)(=O)CCOS(=O)(=O)O)cc2S(=O)(=O)O)c(N)c(N=Nc2ccc(S(=O)(=O)CCOSOOO)cc2)c1SOOO. The minimum absolute atomic E-state index is 0.0237. The molecule has 0 saturated carbocycles. The van der Waals surface area contributed by atoms with Crippen molar-refractivity contribution in [3.05, 3.63) is 48.0 Å². The third-order valence-corrected chi connectivity index (χ3v) is 12.2. The van der Waals surface area contributed by atoms with E-state index in [-0.39, 0.29) is 62.7 Å². The number of nitrogens with two attached hydrogens (primary N) is 2. The molecular formula is C23H26N6O18S6. The molecule has 3 rings (SSSR count). The summed E-state index contributed by atoms with van der Waals surface area (Å²) in [6.07, 6.45) is 0. The van der Waals surface area contributed by atoms with Gasteiger partial charge in [0.25, 0.3) is 10.1 Å². The predicted molar refractivity (Wildman–Crippen MR) is 182 cm³/mol. The van der Waals surface area contributed by atoms with Crippen molar-refractivity contribution in [3.63, 3.8) is 0 Å². The van der Waals surface area contributed by atoms with E-state index in [9.17, 15) is 38.2 Å². The highest BCUT2D eigenvalue weighted by Gasteiger charge is 2.25. The minimum Gasteiger partial charge on any atom is -0.397 e. The van der Waals surface area contributed by atoms with E-state index in [1.165, 1.54) is 31.2 Å². The number of sulfone groups is 2. The smallest absolute Gasteiger partial charge is 0.397 e. The Labute approximate surface area is 309 Å². The summed E-state index contributed by atoms with van der Waals surface area (Å²) in [7, 11) is -18.4. The maximum atomic E-state index is 12.6. The van der Waals surface area contributed by atoms with Gasteiger partial charge in [-0.2, -0.15) is 21.9 Å². The van der Waals surface area contributed by atoms with Crippen LogP contribution in [0.3, 0.4) is 0 Å². The molecule has 0 aliphatic carbocycles. The van der Waals surface area contributed by atoms with Crippen LogP contribution in [0.15, 0.2) is 82.5 Å². The maximum absolute atomic E-state index is 12.6. The van der Waals surface area contributed by atoms with Gasteiger partial charge in [0, 0.05) is 0 Å².